The molecule has 1 heterocycles. The summed E-state index contributed by atoms with van der Waals surface area (Å²) in [6.45, 7) is 3.73. The second kappa shape index (κ2) is 7.08. The minimum absolute atomic E-state index is 0.107. The molecule has 21 heavy (non-hydrogen) atoms. The van der Waals surface area contributed by atoms with E-state index in [1.165, 1.54) is 0 Å². The number of nitrogens with zero attached hydrogens (tertiary/aromatic N) is 1. The molecule has 1 atom stereocenters. The fourth-order valence-electron chi connectivity index (χ4n) is 2.44. The Kier molecular flexibility index (Phi) is 5.16. The summed E-state index contributed by atoms with van der Waals surface area (Å²) in [4.78, 5) is 25.2. The highest BCUT2D eigenvalue weighted by molar-refractivity contribution is 5.94. The van der Waals surface area contributed by atoms with Gasteiger partial charge in [0.15, 0.2) is 0 Å². The van der Waals surface area contributed by atoms with Crippen molar-refractivity contribution in [1.29, 1.82) is 0 Å². The maximum atomic E-state index is 12.0. The highest BCUT2D eigenvalue weighted by Gasteiger charge is 2.24. The van der Waals surface area contributed by atoms with Crippen LogP contribution < -0.4 is 16.0 Å². The van der Waals surface area contributed by atoms with Crippen molar-refractivity contribution in [3.05, 3.63) is 29.8 Å². The molecule has 114 valence electrons. The van der Waals surface area contributed by atoms with E-state index >= 15 is 0 Å². The number of benzene rings is 1. The van der Waals surface area contributed by atoms with Crippen LogP contribution in [0.4, 0.5) is 0 Å². The number of amides is 2. The van der Waals surface area contributed by atoms with Crippen molar-refractivity contribution >= 4 is 11.8 Å². The Hall–Kier alpha value is -2.08. The first-order valence-electron chi connectivity index (χ1n) is 7.14. The van der Waals surface area contributed by atoms with E-state index in [9.17, 15) is 9.59 Å². The lowest BCUT2D eigenvalue weighted by Gasteiger charge is -2.30. The fourth-order valence-corrected chi connectivity index (χ4v) is 2.44. The molecule has 1 aromatic carbocycles. The number of hydrogen-bond acceptors (Lipinski definition) is 4. The highest BCUT2D eigenvalue weighted by atomic mass is 16.5. The van der Waals surface area contributed by atoms with Gasteiger partial charge >= 0.3 is 0 Å². The maximum absolute atomic E-state index is 12.0. The summed E-state index contributed by atoms with van der Waals surface area (Å²) < 4.78 is 5.61. The molecule has 6 heteroatoms. The average Bonchev–Trinajstić information content (AvgIpc) is 2.51. The highest BCUT2D eigenvalue weighted by Crippen LogP contribution is 2.17. The van der Waals surface area contributed by atoms with E-state index < -0.39 is 0 Å². The van der Waals surface area contributed by atoms with E-state index in [0.29, 0.717) is 24.5 Å². The Morgan fingerprint density at radius 2 is 2.33 bits per heavy atom. The van der Waals surface area contributed by atoms with Crippen LogP contribution in [0.3, 0.4) is 0 Å². The molecule has 2 rings (SSSR count). The largest absolute Gasteiger partial charge is 0.492 e. The second-order valence-electron chi connectivity index (χ2n) is 5.22. The minimum atomic E-state index is -0.361. The third-order valence-corrected chi connectivity index (χ3v) is 3.66. The molecule has 6 nitrogen and oxygen atoms in total. The zero-order valence-electron chi connectivity index (χ0n) is 12.2. The number of nitrogens with one attached hydrogen (secondary N) is 1. The quantitative estimate of drug-likeness (QED) is 0.480. The maximum Gasteiger partial charge on any atom is 0.265 e. The van der Waals surface area contributed by atoms with Crippen molar-refractivity contribution in [3.8, 4) is 5.75 Å². The molecule has 0 spiro atoms. The molecule has 1 fully saturated rings. The van der Waals surface area contributed by atoms with Crippen molar-refractivity contribution < 1.29 is 14.3 Å². The number of carbonyl (C=O) groups excluding carboxylic acids is 2. The van der Waals surface area contributed by atoms with Gasteiger partial charge in [0.1, 0.15) is 12.4 Å². The normalized spacial score (nSPS) is 18.5. The molecule has 2 amide bonds. The first-order valence-corrected chi connectivity index (χ1v) is 7.14. The van der Waals surface area contributed by atoms with E-state index in [1.807, 2.05) is 11.8 Å². The number of nitrogen functional groups attached to an aromatic ring is 1. The summed E-state index contributed by atoms with van der Waals surface area (Å²) in [7, 11) is 0. The molecule has 1 unspecified atom stereocenters. The standard InChI is InChI=1S/C15H21N3O3/c1-11-4-3-7-18(15(11)20)8-9-21-13-6-2-5-12(10-13)14(19)17-16/h2,5-6,10-11H,3-4,7-9,16H2,1H3,(H,17,19). The lowest BCUT2D eigenvalue weighted by Crippen LogP contribution is -2.42. The lowest BCUT2D eigenvalue weighted by molar-refractivity contribution is -0.138. The van der Waals surface area contributed by atoms with Crippen LogP contribution >= 0.6 is 0 Å². The van der Waals surface area contributed by atoms with Gasteiger partial charge in [-0.1, -0.05) is 13.0 Å². The summed E-state index contributed by atoms with van der Waals surface area (Å²) in [5.74, 6) is 5.63. The Balaban J connectivity index is 1.86. The van der Waals surface area contributed by atoms with Crippen LogP contribution in [0.25, 0.3) is 0 Å². The van der Waals surface area contributed by atoms with E-state index in [2.05, 4.69) is 5.43 Å². The molecule has 1 aromatic rings. The smallest absolute Gasteiger partial charge is 0.265 e. The van der Waals surface area contributed by atoms with Gasteiger partial charge in [-0.25, -0.2) is 5.84 Å². The number of nitrogens with two attached hydrogens (primary N) is 1. The molecular formula is C15H21N3O3. The van der Waals surface area contributed by atoms with Crippen LogP contribution in [0.15, 0.2) is 24.3 Å². The van der Waals surface area contributed by atoms with Gasteiger partial charge in [0.05, 0.1) is 6.54 Å². The van der Waals surface area contributed by atoms with Gasteiger partial charge in [0.2, 0.25) is 5.91 Å². The molecule has 1 saturated heterocycles. The third kappa shape index (κ3) is 3.95. The fraction of sp³-hybridized carbons (Fsp3) is 0.467. The molecule has 0 saturated carbocycles. The van der Waals surface area contributed by atoms with Crippen LogP contribution in [-0.4, -0.2) is 36.4 Å². The second-order valence-corrected chi connectivity index (χ2v) is 5.22. The van der Waals surface area contributed by atoms with Crippen LogP contribution in [0.1, 0.15) is 30.1 Å². The molecule has 0 aromatic heterocycles. The summed E-state index contributed by atoms with van der Waals surface area (Å²) >= 11 is 0. The predicted octanol–water partition coefficient (Wildman–Crippen LogP) is 0.927. The Morgan fingerprint density at radius 1 is 1.52 bits per heavy atom. The van der Waals surface area contributed by atoms with Crippen molar-refractivity contribution in [3.63, 3.8) is 0 Å². The van der Waals surface area contributed by atoms with E-state index in [-0.39, 0.29) is 17.7 Å². The van der Waals surface area contributed by atoms with Crippen LogP contribution in [0.2, 0.25) is 0 Å². The number of piperidine rings is 1. The Labute approximate surface area is 124 Å². The van der Waals surface area contributed by atoms with Gasteiger partial charge in [-0.15, -0.1) is 0 Å². The molecule has 3 N–H and O–H groups in total. The molecule has 0 aliphatic carbocycles. The number of carbonyl (C=O) groups is 2. The number of rotatable bonds is 5. The topological polar surface area (TPSA) is 84.7 Å². The monoisotopic (exact) mass is 291 g/mol. The summed E-state index contributed by atoms with van der Waals surface area (Å²) in [6.07, 6.45) is 2.01. The Bertz CT molecular complexity index is 519. The van der Waals surface area contributed by atoms with Gasteiger partial charge in [0.25, 0.3) is 5.91 Å². The molecule has 1 aliphatic heterocycles. The third-order valence-electron chi connectivity index (χ3n) is 3.66. The minimum Gasteiger partial charge on any atom is -0.492 e. The predicted molar refractivity (Wildman–Crippen MR) is 78.6 cm³/mol. The lowest BCUT2D eigenvalue weighted by atomic mass is 9.99. The van der Waals surface area contributed by atoms with Crippen LogP contribution in [0, 0.1) is 5.92 Å². The molecule has 1 aliphatic rings. The van der Waals surface area contributed by atoms with Gasteiger partial charge < -0.3 is 9.64 Å². The zero-order chi connectivity index (χ0) is 15.2. The summed E-state index contributed by atoms with van der Waals surface area (Å²) in [6, 6.07) is 6.79. The van der Waals surface area contributed by atoms with Crippen LogP contribution in [0.5, 0.6) is 5.75 Å². The van der Waals surface area contributed by atoms with E-state index in [4.69, 9.17) is 10.6 Å². The molecular weight excluding hydrogens is 270 g/mol. The number of ether oxygens (including phenoxy) is 1. The van der Waals surface area contributed by atoms with Gasteiger partial charge in [-0.05, 0) is 31.0 Å². The first kappa shape index (κ1) is 15.3. The van der Waals surface area contributed by atoms with E-state index in [0.717, 1.165) is 19.4 Å². The van der Waals surface area contributed by atoms with Gasteiger partial charge in [-0.3, -0.25) is 15.0 Å². The average molecular weight is 291 g/mol. The van der Waals surface area contributed by atoms with Crippen molar-refractivity contribution in [2.75, 3.05) is 19.7 Å². The van der Waals surface area contributed by atoms with Crippen LogP contribution in [-0.2, 0) is 4.79 Å². The first-order chi connectivity index (χ1) is 10.1. The molecule has 0 bridgehead atoms. The van der Waals surface area contributed by atoms with Crippen molar-refractivity contribution in [2.45, 2.75) is 19.8 Å². The zero-order valence-corrected chi connectivity index (χ0v) is 12.2. The van der Waals surface area contributed by atoms with Crippen molar-refractivity contribution in [2.24, 2.45) is 11.8 Å². The number of likely N-dealkylation sites (tertiary alicyclic amines) is 1. The summed E-state index contributed by atoms with van der Waals surface area (Å²) in [5.41, 5.74) is 2.52. The van der Waals surface area contributed by atoms with Gasteiger partial charge in [-0.2, -0.15) is 0 Å². The van der Waals surface area contributed by atoms with Crippen molar-refractivity contribution in [1.82, 2.24) is 10.3 Å². The van der Waals surface area contributed by atoms with Gasteiger partial charge in [0, 0.05) is 18.0 Å². The van der Waals surface area contributed by atoms with E-state index in [1.54, 1.807) is 24.3 Å². The SMILES string of the molecule is CC1CCCN(CCOc2cccc(C(=O)NN)c2)C1=O. The summed E-state index contributed by atoms with van der Waals surface area (Å²) in [5, 5.41) is 0. The number of hydrazine groups is 1. The molecule has 0 radical (unpaired) electrons. The number of hydrogen-bond donors (Lipinski definition) is 2. The Morgan fingerprint density at radius 3 is 3.10 bits per heavy atom.